The Bertz CT molecular complexity index is 894. The number of likely N-dealkylation sites (tertiary alicyclic amines) is 1. The van der Waals surface area contributed by atoms with Crippen molar-refractivity contribution >= 4 is 39.1 Å². The van der Waals surface area contributed by atoms with Crippen molar-refractivity contribution in [1.82, 2.24) is 9.88 Å². The molecule has 1 saturated heterocycles. The van der Waals surface area contributed by atoms with Crippen molar-refractivity contribution in [3.05, 3.63) is 58.6 Å². The number of carbonyl (C=O) groups is 1. The van der Waals surface area contributed by atoms with Gasteiger partial charge in [0.25, 0.3) is 5.91 Å². The first kappa shape index (κ1) is 17.3. The number of amides is 1. The maximum Gasteiger partial charge on any atom is 0.261 e. The Balaban J connectivity index is 1.51. The molecule has 4 nitrogen and oxygen atoms in total. The lowest BCUT2D eigenvalue weighted by molar-refractivity contribution is -0.137. The first-order chi connectivity index (χ1) is 12.7. The fraction of sp³-hybridized carbons (Fsp3) is 0.300. The molecule has 134 valence electrons. The van der Waals surface area contributed by atoms with Gasteiger partial charge in [0.05, 0.1) is 21.3 Å². The summed E-state index contributed by atoms with van der Waals surface area (Å²) >= 11 is 7.78. The molecule has 1 aliphatic rings. The zero-order chi connectivity index (χ0) is 17.9. The first-order valence-electron chi connectivity index (χ1n) is 8.74. The van der Waals surface area contributed by atoms with Crippen LogP contribution in [0.3, 0.4) is 0 Å². The molecule has 1 fully saturated rings. The predicted molar refractivity (Wildman–Crippen MR) is 105 cm³/mol. The highest BCUT2D eigenvalue weighted by Crippen LogP contribution is 2.35. The van der Waals surface area contributed by atoms with Crippen molar-refractivity contribution in [3.63, 3.8) is 0 Å². The van der Waals surface area contributed by atoms with Gasteiger partial charge in [0.15, 0.2) is 6.61 Å². The number of thiazole rings is 1. The molecule has 0 aliphatic carbocycles. The zero-order valence-corrected chi connectivity index (χ0v) is 15.8. The lowest BCUT2D eigenvalue weighted by atomic mass is 10.0. The Morgan fingerprint density at radius 2 is 2.00 bits per heavy atom. The number of fused-ring (bicyclic) bond motifs is 1. The number of para-hydroxylation sites is 2. The number of halogens is 1. The first-order valence-corrected chi connectivity index (χ1v) is 9.94. The second kappa shape index (κ2) is 7.64. The van der Waals surface area contributed by atoms with Crippen LogP contribution in [0.25, 0.3) is 10.2 Å². The third-order valence-electron chi connectivity index (χ3n) is 4.61. The number of hydrogen-bond donors (Lipinski definition) is 0. The van der Waals surface area contributed by atoms with Gasteiger partial charge in [0, 0.05) is 6.54 Å². The summed E-state index contributed by atoms with van der Waals surface area (Å²) in [5.41, 5.74) is 0.998. The molecule has 0 radical (unpaired) electrons. The van der Waals surface area contributed by atoms with Crippen LogP contribution in [0, 0.1) is 0 Å². The smallest absolute Gasteiger partial charge is 0.261 e. The van der Waals surface area contributed by atoms with Crippen molar-refractivity contribution < 1.29 is 9.53 Å². The number of piperidine rings is 1. The van der Waals surface area contributed by atoms with E-state index in [0.29, 0.717) is 10.8 Å². The average Bonchev–Trinajstić information content (AvgIpc) is 3.11. The van der Waals surface area contributed by atoms with E-state index in [-0.39, 0.29) is 18.6 Å². The highest BCUT2D eigenvalue weighted by Gasteiger charge is 2.30. The van der Waals surface area contributed by atoms with Gasteiger partial charge in [0.1, 0.15) is 10.8 Å². The summed E-state index contributed by atoms with van der Waals surface area (Å²) in [7, 11) is 0. The molecule has 0 N–H and O–H groups in total. The minimum atomic E-state index is -0.0196. The van der Waals surface area contributed by atoms with Crippen LogP contribution in [0.4, 0.5) is 0 Å². The number of rotatable bonds is 4. The van der Waals surface area contributed by atoms with Gasteiger partial charge in [-0.15, -0.1) is 11.3 Å². The summed E-state index contributed by atoms with van der Waals surface area (Å²) in [6.07, 6.45) is 3.06. The van der Waals surface area contributed by atoms with E-state index < -0.39 is 0 Å². The molecule has 2 aromatic carbocycles. The Hall–Kier alpha value is -2.11. The number of benzene rings is 2. The minimum Gasteiger partial charge on any atom is -0.482 e. The standard InChI is InChI=1S/C20H19ClN2O2S/c21-14-7-1-3-10-17(14)25-13-19(24)23-12-6-5-9-16(23)20-22-15-8-2-4-11-18(15)26-20/h1-4,7-8,10-11,16H,5-6,9,12-13H2. The van der Waals surface area contributed by atoms with Gasteiger partial charge < -0.3 is 9.64 Å². The van der Waals surface area contributed by atoms with E-state index in [1.165, 1.54) is 0 Å². The van der Waals surface area contributed by atoms with Crippen LogP contribution >= 0.6 is 22.9 Å². The van der Waals surface area contributed by atoms with Gasteiger partial charge in [-0.25, -0.2) is 4.98 Å². The molecule has 1 amide bonds. The molecule has 2 heterocycles. The molecule has 0 saturated carbocycles. The predicted octanol–water partition coefficient (Wildman–Crippen LogP) is 5.08. The van der Waals surface area contributed by atoms with Crippen molar-refractivity contribution in [2.24, 2.45) is 0 Å². The lowest BCUT2D eigenvalue weighted by Crippen LogP contribution is -2.41. The summed E-state index contributed by atoms with van der Waals surface area (Å²) in [6, 6.07) is 15.4. The van der Waals surface area contributed by atoms with E-state index >= 15 is 0 Å². The SMILES string of the molecule is O=C(COc1ccccc1Cl)N1CCCCC1c1nc2ccccc2s1. The van der Waals surface area contributed by atoms with Crippen LogP contribution in [-0.2, 0) is 4.79 Å². The van der Waals surface area contributed by atoms with Crippen molar-refractivity contribution in [2.45, 2.75) is 25.3 Å². The summed E-state index contributed by atoms with van der Waals surface area (Å²) in [5.74, 6) is 0.518. The van der Waals surface area contributed by atoms with Crippen LogP contribution in [0.1, 0.15) is 30.3 Å². The van der Waals surface area contributed by atoms with Crippen LogP contribution in [0.15, 0.2) is 48.5 Å². The molecule has 0 bridgehead atoms. The van der Waals surface area contributed by atoms with Gasteiger partial charge in [-0.05, 0) is 43.5 Å². The van der Waals surface area contributed by atoms with Crippen molar-refractivity contribution in [2.75, 3.05) is 13.2 Å². The van der Waals surface area contributed by atoms with Crippen LogP contribution in [0.2, 0.25) is 5.02 Å². The molecule has 1 unspecified atom stereocenters. The zero-order valence-electron chi connectivity index (χ0n) is 14.2. The number of nitrogens with zero attached hydrogens (tertiary/aromatic N) is 2. The van der Waals surface area contributed by atoms with E-state index in [4.69, 9.17) is 21.3 Å². The number of aromatic nitrogens is 1. The van der Waals surface area contributed by atoms with E-state index in [1.807, 2.05) is 35.2 Å². The van der Waals surface area contributed by atoms with Gasteiger partial charge >= 0.3 is 0 Å². The van der Waals surface area contributed by atoms with Crippen LogP contribution in [-0.4, -0.2) is 28.9 Å². The number of hydrogen-bond acceptors (Lipinski definition) is 4. The van der Waals surface area contributed by atoms with Crippen molar-refractivity contribution in [3.8, 4) is 5.75 Å². The highest BCUT2D eigenvalue weighted by molar-refractivity contribution is 7.18. The number of carbonyl (C=O) groups excluding carboxylic acids is 1. The molecule has 3 aromatic rings. The molecule has 4 rings (SSSR count). The van der Waals surface area contributed by atoms with E-state index in [1.54, 1.807) is 23.5 Å². The van der Waals surface area contributed by atoms with Gasteiger partial charge in [-0.2, -0.15) is 0 Å². The topological polar surface area (TPSA) is 42.4 Å². The Morgan fingerprint density at radius 1 is 1.19 bits per heavy atom. The lowest BCUT2D eigenvalue weighted by Gasteiger charge is -2.34. The Morgan fingerprint density at radius 3 is 2.85 bits per heavy atom. The number of ether oxygens (including phenoxy) is 1. The van der Waals surface area contributed by atoms with E-state index in [0.717, 1.165) is 41.0 Å². The van der Waals surface area contributed by atoms with Crippen molar-refractivity contribution in [1.29, 1.82) is 0 Å². The second-order valence-corrected chi connectivity index (χ2v) is 7.81. The normalized spacial score (nSPS) is 17.4. The maximum atomic E-state index is 12.8. The fourth-order valence-corrected chi connectivity index (χ4v) is 4.61. The second-order valence-electron chi connectivity index (χ2n) is 6.34. The molecular weight excluding hydrogens is 368 g/mol. The average molecular weight is 387 g/mol. The highest BCUT2D eigenvalue weighted by atomic mass is 35.5. The minimum absolute atomic E-state index is 0.00880. The molecule has 6 heteroatoms. The van der Waals surface area contributed by atoms with E-state index in [9.17, 15) is 4.79 Å². The maximum absolute atomic E-state index is 12.8. The fourth-order valence-electron chi connectivity index (χ4n) is 3.30. The van der Waals surface area contributed by atoms with Gasteiger partial charge in [-0.3, -0.25) is 4.79 Å². The largest absolute Gasteiger partial charge is 0.482 e. The summed E-state index contributed by atoms with van der Waals surface area (Å²) in [4.78, 5) is 19.5. The quantitative estimate of drug-likeness (QED) is 0.627. The molecule has 26 heavy (non-hydrogen) atoms. The summed E-state index contributed by atoms with van der Waals surface area (Å²) < 4.78 is 6.81. The Kier molecular flexibility index (Phi) is 5.09. The molecule has 1 aromatic heterocycles. The van der Waals surface area contributed by atoms with E-state index in [2.05, 4.69) is 6.07 Å². The Labute approximate surface area is 161 Å². The monoisotopic (exact) mass is 386 g/mol. The van der Waals surface area contributed by atoms with Crippen LogP contribution in [0.5, 0.6) is 5.75 Å². The molecule has 1 atom stereocenters. The third-order valence-corrected chi connectivity index (χ3v) is 6.06. The van der Waals surface area contributed by atoms with Gasteiger partial charge in [0.2, 0.25) is 0 Å². The van der Waals surface area contributed by atoms with Gasteiger partial charge in [-0.1, -0.05) is 35.9 Å². The third kappa shape index (κ3) is 3.55. The van der Waals surface area contributed by atoms with Crippen LogP contribution < -0.4 is 4.74 Å². The molecular formula is C20H19ClN2O2S. The molecule has 1 aliphatic heterocycles. The molecule has 0 spiro atoms. The summed E-state index contributed by atoms with van der Waals surface area (Å²) in [5, 5.41) is 1.53. The summed E-state index contributed by atoms with van der Waals surface area (Å²) in [6.45, 7) is 0.733.